The average molecular weight is 175 g/mol. The van der Waals surface area contributed by atoms with Crippen LogP contribution < -0.4 is 4.90 Å². The van der Waals surface area contributed by atoms with Gasteiger partial charge in [0.2, 0.25) is 0 Å². The third kappa shape index (κ3) is 1.69. The van der Waals surface area contributed by atoms with Gasteiger partial charge in [-0.15, -0.1) is 0 Å². The summed E-state index contributed by atoms with van der Waals surface area (Å²) in [6.45, 7) is 7.10. The minimum atomic E-state index is 0.833. The van der Waals surface area contributed by atoms with E-state index in [9.17, 15) is 0 Å². The molecule has 70 valence electrons. The maximum absolute atomic E-state index is 2.45. The molecule has 2 rings (SSSR count). The van der Waals surface area contributed by atoms with Gasteiger partial charge in [0.25, 0.3) is 0 Å². The quantitative estimate of drug-likeness (QED) is 0.668. The number of hydrogen-bond donors (Lipinski definition) is 0. The van der Waals surface area contributed by atoms with Gasteiger partial charge in [-0.3, -0.25) is 0 Å². The zero-order chi connectivity index (χ0) is 9.26. The SMILES string of the molecule is CC(C)C1CN(c2ccccc2)C1. The van der Waals surface area contributed by atoms with E-state index in [1.54, 1.807) is 0 Å². The number of para-hydroxylation sites is 1. The van der Waals surface area contributed by atoms with Crippen LogP contribution in [-0.4, -0.2) is 13.1 Å². The highest BCUT2D eigenvalue weighted by Gasteiger charge is 2.28. The van der Waals surface area contributed by atoms with Gasteiger partial charge in [-0.1, -0.05) is 32.0 Å². The molecule has 0 saturated carbocycles. The van der Waals surface area contributed by atoms with Crippen molar-refractivity contribution in [2.24, 2.45) is 11.8 Å². The second-order valence-electron chi connectivity index (χ2n) is 4.24. The van der Waals surface area contributed by atoms with Crippen molar-refractivity contribution < 1.29 is 0 Å². The van der Waals surface area contributed by atoms with Crippen LogP contribution in [0.3, 0.4) is 0 Å². The summed E-state index contributed by atoms with van der Waals surface area (Å²) in [4.78, 5) is 2.45. The first-order valence-corrected chi connectivity index (χ1v) is 5.07. The summed E-state index contributed by atoms with van der Waals surface area (Å²) >= 11 is 0. The van der Waals surface area contributed by atoms with Crippen LogP contribution in [0.15, 0.2) is 30.3 Å². The first-order chi connectivity index (χ1) is 6.27. The van der Waals surface area contributed by atoms with Crippen LogP contribution in [0.2, 0.25) is 0 Å². The molecule has 0 bridgehead atoms. The Labute approximate surface area is 80.4 Å². The normalized spacial score (nSPS) is 17.6. The lowest BCUT2D eigenvalue weighted by atomic mass is 9.88. The fourth-order valence-corrected chi connectivity index (χ4v) is 1.78. The van der Waals surface area contributed by atoms with Gasteiger partial charge in [0.15, 0.2) is 0 Å². The fourth-order valence-electron chi connectivity index (χ4n) is 1.78. The van der Waals surface area contributed by atoms with Crippen molar-refractivity contribution in [1.29, 1.82) is 0 Å². The highest BCUT2D eigenvalue weighted by atomic mass is 15.2. The monoisotopic (exact) mass is 175 g/mol. The van der Waals surface area contributed by atoms with Crippen molar-refractivity contribution in [3.63, 3.8) is 0 Å². The van der Waals surface area contributed by atoms with Crippen LogP contribution in [0.4, 0.5) is 5.69 Å². The predicted molar refractivity (Wildman–Crippen MR) is 57.0 cm³/mol. The molecular weight excluding hydrogens is 158 g/mol. The molecule has 1 heteroatoms. The van der Waals surface area contributed by atoms with E-state index >= 15 is 0 Å². The maximum Gasteiger partial charge on any atom is 0.0366 e. The van der Waals surface area contributed by atoms with Gasteiger partial charge in [0, 0.05) is 18.8 Å². The number of rotatable bonds is 2. The molecule has 0 atom stereocenters. The van der Waals surface area contributed by atoms with E-state index in [-0.39, 0.29) is 0 Å². The van der Waals surface area contributed by atoms with Crippen LogP contribution in [0.1, 0.15) is 13.8 Å². The second-order valence-corrected chi connectivity index (χ2v) is 4.24. The highest BCUT2D eigenvalue weighted by Crippen LogP contribution is 2.28. The Balaban J connectivity index is 1.94. The molecule has 0 N–H and O–H groups in total. The molecule has 1 saturated heterocycles. The smallest absolute Gasteiger partial charge is 0.0366 e. The lowest BCUT2D eigenvalue weighted by Crippen LogP contribution is -2.49. The fraction of sp³-hybridized carbons (Fsp3) is 0.500. The van der Waals surface area contributed by atoms with Gasteiger partial charge < -0.3 is 4.90 Å². The van der Waals surface area contributed by atoms with Crippen LogP contribution in [-0.2, 0) is 0 Å². The minimum Gasteiger partial charge on any atom is -0.371 e. The van der Waals surface area contributed by atoms with E-state index in [1.807, 2.05) is 0 Å². The predicted octanol–water partition coefficient (Wildman–Crippen LogP) is 2.78. The molecule has 1 fully saturated rings. The van der Waals surface area contributed by atoms with Crippen LogP contribution in [0.25, 0.3) is 0 Å². The van der Waals surface area contributed by atoms with Crippen molar-refractivity contribution >= 4 is 5.69 Å². The summed E-state index contributed by atoms with van der Waals surface area (Å²) in [7, 11) is 0. The van der Waals surface area contributed by atoms with Crippen molar-refractivity contribution in [3.05, 3.63) is 30.3 Å². The van der Waals surface area contributed by atoms with Crippen molar-refractivity contribution in [1.82, 2.24) is 0 Å². The number of nitrogens with zero attached hydrogens (tertiary/aromatic N) is 1. The molecule has 1 aliphatic rings. The summed E-state index contributed by atoms with van der Waals surface area (Å²) in [5, 5.41) is 0. The molecule has 0 aromatic heterocycles. The largest absolute Gasteiger partial charge is 0.371 e. The van der Waals surface area contributed by atoms with E-state index in [1.165, 1.54) is 18.8 Å². The summed E-state index contributed by atoms with van der Waals surface area (Å²) in [5.41, 5.74) is 1.37. The Kier molecular flexibility index (Phi) is 2.26. The van der Waals surface area contributed by atoms with E-state index < -0.39 is 0 Å². The number of hydrogen-bond acceptors (Lipinski definition) is 1. The minimum absolute atomic E-state index is 0.833. The molecule has 0 aliphatic carbocycles. The van der Waals surface area contributed by atoms with E-state index in [2.05, 4.69) is 49.1 Å². The van der Waals surface area contributed by atoms with Crippen LogP contribution >= 0.6 is 0 Å². The molecule has 13 heavy (non-hydrogen) atoms. The molecule has 0 spiro atoms. The van der Waals surface area contributed by atoms with E-state index in [0.717, 1.165) is 11.8 Å². The zero-order valence-electron chi connectivity index (χ0n) is 8.40. The topological polar surface area (TPSA) is 3.24 Å². The molecule has 1 aromatic carbocycles. The Bertz CT molecular complexity index is 260. The highest BCUT2D eigenvalue weighted by molar-refractivity contribution is 5.48. The van der Waals surface area contributed by atoms with E-state index in [0.29, 0.717) is 0 Å². The van der Waals surface area contributed by atoms with Crippen molar-refractivity contribution in [2.75, 3.05) is 18.0 Å². The Morgan fingerprint density at radius 1 is 1.15 bits per heavy atom. The first kappa shape index (κ1) is 8.61. The zero-order valence-corrected chi connectivity index (χ0v) is 8.40. The summed E-state index contributed by atoms with van der Waals surface area (Å²) < 4.78 is 0. The van der Waals surface area contributed by atoms with Gasteiger partial charge in [0.1, 0.15) is 0 Å². The Morgan fingerprint density at radius 3 is 2.31 bits per heavy atom. The van der Waals surface area contributed by atoms with Gasteiger partial charge >= 0.3 is 0 Å². The lowest BCUT2D eigenvalue weighted by Gasteiger charge is -2.43. The molecule has 1 nitrogen and oxygen atoms in total. The second kappa shape index (κ2) is 3.41. The standard InChI is InChI=1S/C12H17N/c1-10(2)11-8-13(9-11)12-6-4-3-5-7-12/h3-7,10-11H,8-9H2,1-2H3. The number of benzene rings is 1. The van der Waals surface area contributed by atoms with Gasteiger partial charge in [-0.2, -0.15) is 0 Å². The van der Waals surface area contributed by atoms with Crippen LogP contribution in [0.5, 0.6) is 0 Å². The first-order valence-electron chi connectivity index (χ1n) is 5.07. The summed E-state index contributed by atoms with van der Waals surface area (Å²) in [5.74, 6) is 1.74. The van der Waals surface area contributed by atoms with Gasteiger partial charge in [-0.05, 0) is 24.0 Å². The molecule has 1 aliphatic heterocycles. The van der Waals surface area contributed by atoms with Crippen LogP contribution in [0, 0.1) is 11.8 Å². The summed E-state index contributed by atoms with van der Waals surface area (Å²) in [6.07, 6.45) is 0. The molecule has 0 radical (unpaired) electrons. The van der Waals surface area contributed by atoms with Gasteiger partial charge in [0.05, 0.1) is 0 Å². The molecule has 1 aromatic rings. The average Bonchev–Trinajstić information content (AvgIpc) is 2.02. The van der Waals surface area contributed by atoms with E-state index in [4.69, 9.17) is 0 Å². The Morgan fingerprint density at radius 2 is 1.77 bits per heavy atom. The molecule has 1 heterocycles. The third-order valence-corrected chi connectivity index (χ3v) is 2.97. The maximum atomic E-state index is 2.45. The molecule has 0 unspecified atom stereocenters. The molecule has 0 amide bonds. The van der Waals surface area contributed by atoms with Crippen molar-refractivity contribution in [3.8, 4) is 0 Å². The van der Waals surface area contributed by atoms with Gasteiger partial charge in [-0.25, -0.2) is 0 Å². The molecular formula is C12H17N. The summed E-state index contributed by atoms with van der Waals surface area (Å²) in [6, 6.07) is 10.7. The lowest BCUT2D eigenvalue weighted by molar-refractivity contribution is 0.310. The third-order valence-electron chi connectivity index (χ3n) is 2.97. The van der Waals surface area contributed by atoms with Crippen molar-refractivity contribution in [2.45, 2.75) is 13.8 Å². The Hall–Kier alpha value is -0.980. The number of anilines is 1.